The predicted octanol–water partition coefficient (Wildman–Crippen LogP) is 3.42. The molecule has 31 heavy (non-hydrogen) atoms. The molecule has 1 heterocycles. The van der Waals surface area contributed by atoms with E-state index in [1.807, 2.05) is 24.3 Å². The number of nitrogens with zero attached hydrogens (tertiary/aromatic N) is 3. The molecule has 3 N–H and O–H groups in total. The third kappa shape index (κ3) is 6.89. The van der Waals surface area contributed by atoms with Crippen LogP contribution in [0.2, 0.25) is 0 Å². The van der Waals surface area contributed by atoms with Crippen LogP contribution in [0, 0.1) is 6.92 Å². The molecule has 3 aromatic rings. The second-order valence-corrected chi connectivity index (χ2v) is 7.89. The molecule has 1 amide bonds. The molecule has 0 radical (unpaired) electrons. The molecule has 0 fully saturated rings. The lowest BCUT2D eigenvalue weighted by Gasteiger charge is -2.14. The first-order valence-electron chi connectivity index (χ1n) is 10.0. The summed E-state index contributed by atoms with van der Waals surface area (Å²) < 4.78 is 1.59. The van der Waals surface area contributed by atoms with Crippen molar-refractivity contribution < 1.29 is 4.79 Å². The number of thioether (sulfide) groups is 1. The lowest BCUT2D eigenvalue weighted by molar-refractivity contribution is -0.116. The minimum Gasteiger partial charge on any atom is -0.352 e. The Labute approximate surface area is 187 Å². The number of aryl methyl sites for hydroxylation is 1. The van der Waals surface area contributed by atoms with E-state index >= 15 is 0 Å². The summed E-state index contributed by atoms with van der Waals surface area (Å²) in [7, 11) is 1.76. The molecule has 0 bridgehead atoms. The van der Waals surface area contributed by atoms with Crippen LogP contribution in [0.25, 0.3) is 0 Å². The van der Waals surface area contributed by atoms with Crippen LogP contribution in [0.3, 0.4) is 0 Å². The molecule has 0 saturated carbocycles. The fourth-order valence-corrected chi connectivity index (χ4v) is 3.79. The van der Waals surface area contributed by atoms with Gasteiger partial charge in [-0.1, -0.05) is 24.3 Å². The van der Waals surface area contributed by atoms with Gasteiger partial charge >= 0.3 is 0 Å². The lowest BCUT2D eigenvalue weighted by Crippen LogP contribution is -2.36. The van der Waals surface area contributed by atoms with Crippen molar-refractivity contribution in [2.24, 2.45) is 4.99 Å². The van der Waals surface area contributed by atoms with Crippen LogP contribution < -0.4 is 16.0 Å². The van der Waals surface area contributed by atoms with Gasteiger partial charge in [-0.3, -0.25) is 14.5 Å². The van der Waals surface area contributed by atoms with Gasteiger partial charge < -0.3 is 16.0 Å². The molecule has 0 aliphatic heterocycles. The van der Waals surface area contributed by atoms with Crippen molar-refractivity contribution in [1.29, 1.82) is 0 Å². The van der Waals surface area contributed by atoms with Crippen molar-refractivity contribution in [3.8, 4) is 0 Å². The van der Waals surface area contributed by atoms with Gasteiger partial charge in [-0.25, -0.2) is 0 Å². The molecule has 0 saturated heterocycles. The van der Waals surface area contributed by atoms with E-state index in [9.17, 15) is 4.79 Å². The van der Waals surface area contributed by atoms with Crippen LogP contribution in [0.5, 0.6) is 0 Å². The maximum absolute atomic E-state index is 12.2. The topological polar surface area (TPSA) is 83.3 Å². The van der Waals surface area contributed by atoms with Gasteiger partial charge in [-0.15, -0.1) is 11.8 Å². The monoisotopic (exact) mass is 436 g/mol. The fraction of sp³-hybridized carbons (Fsp3) is 0.261. The average Bonchev–Trinajstić information content (AvgIpc) is 3.27. The molecule has 3 rings (SSSR count). The highest BCUT2D eigenvalue weighted by Gasteiger charge is 2.06. The number of hydrogen-bond donors (Lipinski definition) is 3. The number of nitrogens with one attached hydrogen (secondary N) is 3. The van der Waals surface area contributed by atoms with Gasteiger partial charge in [0.2, 0.25) is 5.91 Å². The zero-order valence-corrected chi connectivity index (χ0v) is 18.9. The normalized spacial score (nSPS) is 11.3. The first-order chi connectivity index (χ1) is 15.1. The minimum absolute atomic E-state index is 0.117. The summed E-state index contributed by atoms with van der Waals surface area (Å²) in [4.78, 5) is 17.8. The van der Waals surface area contributed by atoms with Crippen LogP contribution in [-0.4, -0.2) is 35.0 Å². The van der Waals surface area contributed by atoms with Gasteiger partial charge in [-0.2, -0.15) is 5.10 Å². The van der Waals surface area contributed by atoms with Gasteiger partial charge in [-0.05, 0) is 54.1 Å². The Kier molecular flexibility index (Phi) is 8.12. The van der Waals surface area contributed by atoms with Crippen molar-refractivity contribution >= 4 is 29.3 Å². The van der Waals surface area contributed by atoms with Crippen LogP contribution in [0.4, 0.5) is 5.69 Å². The number of aliphatic imine (C=N–C) groups is 1. The lowest BCUT2D eigenvalue weighted by atomic mass is 10.1. The summed E-state index contributed by atoms with van der Waals surface area (Å²) >= 11 is 1.75. The third-order valence-electron chi connectivity index (χ3n) is 4.65. The van der Waals surface area contributed by atoms with E-state index in [0.717, 1.165) is 17.2 Å². The summed E-state index contributed by atoms with van der Waals surface area (Å²) in [6.07, 6.45) is 5.50. The molecule has 0 aliphatic carbocycles. The molecular weight excluding hydrogens is 408 g/mol. The standard InChI is InChI=1S/C23H28N6OS/c1-17-8-9-19(21(12-17)31-3)15-26-23(24-2)25-14-18-6-4-7-20(13-18)28-22(30)16-29-11-5-10-27-29/h4-13H,14-16H2,1-3H3,(H,28,30)(H2,24,25,26). The van der Waals surface area contributed by atoms with Crippen LogP contribution in [0.15, 0.2) is 70.8 Å². The van der Waals surface area contributed by atoms with Crippen LogP contribution >= 0.6 is 11.8 Å². The van der Waals surface area contributed by atoms with Crippen molar-refractivity contribution in [2.45, 2.75) is 31.5 Å². The van der Waals surface area contributed by atoms with E-state index < -0.39 is 0 Å². The first kappa shape index (κ1) is 22.4. The van der Waals surface area contributed by atoms with Crippen LogP contribution in [0.1, 0.15) is 16.7 Å². The average molecular weight is 437 g/mol. The first-order valence-corrected chi connectivity index (χ1v) is 11.2. The highest BCUT2D eigenvalue weighted by atomic mass is 32.2. The van der Waals surface area contributed by atoms with E-state index in [1.54, 1.807) is 42.0 Å². The van der Waals surface area contributed by atoms with Gasteiger partial charge in [0.1, 0.15) is 6.54 Å². The number of anilines is 1. The number of carbonyl (C=O) groups is 1. The highest BCUT2D eigenvalue weighted by molar-refractivity contribution is 7.98. The Bertz CT molecular complexity index is 1030. The maximum atomic E-state index is 12.2. The molecule has 0 spiro atoms. The molecule has 0 atom stereocenters. The quantitative estimate of drug-likeness (QED) is 0.286. The second-order valence-electron chi connectivity index (χ2n) is 7.05. The molecule has 0 aliphatic rings. The Morgan fingerprint density at radius 1 is 1.13 bits per heavy atom. The SMILES string of the molecule is CN=C(NCc1cccc(NC(=O)Cn2cccn2)c1)NCc1ccc(C)cc1SC. The predicted molar refractivity (Wildman–Crippen MR) is 127 cm³/mol. The van der Waals surface area contributed by atoms with Crippen molar-refractivity contribution in [2.75, 3.05) is 18.6 Å². The minimum atomic E-state index is -0.117. The van der Waals surface area contributed by atoms with E-state index in [0.29, 0.717) is 13.1 Å². The summed E-state index contributed by atoms with van der Waals surface area (Å²) in [6, 6.07) is 16.0. The number of amides is 1. The number of aromatic nitrogens is 2. The number of guanidine groups is 1. The number of hydrogen-bond acceptors (Lipinski definition) is 4. The van der Waals surface area contributed by atoms with Gasteiger partial charge in [0.05, 0.1) is 0 Å². The van der Waals surface area contributed by atoms with Crippen molar-refractivity contribution in [1.82, 2.24) is 20.4 Å². The number of rotatable bonds is 8. The molecule has 1 aromatic heterocycles. The van der Waals surface area contributed by atoms with Crippen LogP contribution in [-0.2, 0) is 24.4 Å². The zero-order chi connectivity index (χ0) is 22.1. The zero-order valence-electron chi connectivity index (χ0n) is 18.1. The molecule has 8 heteroatoms. The molecule has 0 unspecified atom stereocenters. The Morgan fingerprint density at radius 3 is 2.71 bits per heavy atom. The summed E-state index contributed by atoms with van der Waals surface area (Å²) in [5, 5.41) is 13.7. The summed E-state index contributed by atoms with van der Waals surface area (Å²) in [5.41, 5.74) is 4.29. The fourth-order valence-electron chi connectivity index (χ4n) is 3.08. The molecular formula is C23H28N6OS. The van der Waals surface area contributed by atoms with Gasteiger partial charge in [0, 0.05) is 43.1 Å². The third-order valence-corrected chi connectivity index (χ3v) is 5.47. The second kappa shape index (κ2) is 11.2. The highest BCUT2D eigenvalue weighted by Crippen LogP contribution is 2.21. The Morgan fingerprint density at radius 2 is 1.97 bits per heavy atom. The summed E-state index contributed by atoms with van der Waals surface area (Å²) in [6.45, 7) is 3.57. The molecule has 7 nitrogen and oxygen atoms in total. The van der Waals surface area contributed by atoms with Gasteiger partial charge in [0.25, 0.3) is 0 Å². The van der Waals surface area contributed by atoms with Gasteiger partial charge in [0.15, 0.2) is 5.96 Å². The van der Waals surface area contributed by atoms with E-state index in [1.165, 1.54) is 16.0 Å². The Hall–Kier alpha value is -3.26. The van der Waals surface area contributed by atoms with Crippen molar-refractivity contribution in [3.63, 3.8) is 0 Å². The maximum Gasteiger partial charge on any atom is 0.246 e. The van der Waals surface area contributed by atoms with E-state index in [2.05, 4.69) is 57.4 Å². The smallest absolute Gasteiger partial charge is 0.246 e. The Balaban J connectivity index is 1.52. The van der Waals surface area contributed by atoms with E-state index in [4.69, 9.17) is 0 Å². The number of carbonyl (C=O) groups excluding carboxylic acids is 1. The molecule has 162 valence electrons. The largest absolute Gasteiger partial charge is 0.352 e. The summed E-state index contributed by atoms with van der Waals surface area (Å²) in [5.74, 6) is 0.606. The van der Waals surface area contributed by atoms with Crippen molar-refractivity contribution in [3.05, 3.63) is 77.6 Å². The van der Waals surface area contributed by atoms with E-state index in [-0.39, 0.29) is 12.5 Å². The molecule has 2 aromatic carbocycles. The number of benzene rings is 2.